The highest BCUT2D eigenvalue weighted by molar-refractivity contribution is 6.44. The Labute approximate surface area is 725 Å². The maximum atomic E-state index is 6.00. The van der Waals surface area contributed by atoms with Crippen LogP contribution in [0.1, 0.15) is 91.5 Å². The lowest BCUT2D eigenvalue weighted by molar-refractivity contribution is 0.559. The summed E-state index contributed by atoms with van der Waals surface area (Å²) < 4.78 is 0. The fourth-order valence-corrected chi connectivity index (χ4v) is 11.8. The first-order valence-corrected chi connectivity index (χ1v) is 40.2. The van der Waals surface area contributed by atoms with Crippen LogP contribution < -0.4 is 91.6 Å². The molecule has 6 unspecified atom stereocenters. The molecule has 6 aliphatic rings. The van der Waals surface area contributed by atoms with Crippen molar-refractivity contribution >= 4 is 210 Å². The molecule has 0 amide bonds. The molecule has 6 aromatic carbocycles. The lowest BCUT2D eigenvalue weighted by Gasteiger charge is -2.26. The molecular formula is C74H95Cl11N30. The fourth-order valence-electron chi connectivity index (χ4n) is 10.0. The predicted octanol–water partition coefficient (Wildman–Crippen LogP) is 13.0. The van der Waals surface area contributed by atoms with Crippen LogP contribution in [0.4, 0.5) is 11.4 Å². The Hall–Kier alpha value is -9.05. The van der Waals surface area contributed by atoms with E-state index in [4.69, 9.17) is 145 Å². The van der Waals surface area contributed by atoms with Crippen LogP contribution in [0, 0.1) is 0 Å². The molecule has 0 bridgehead atoms. The zero-order valence-electron chi connectivity index (χ0n) is 65.0. The lowest BCUT2D eigenvalue weighted by Crippen LogP contribution is -2.55. The maximum Gasteiger partial charge on any atom is 0.204 e. The molecule has 0 fully saturated rings. The van der Waals surface area contributed by atoms with Gasteiger partial charge >= 0.3 is 0 Å². The van der Waals surface area contributed by atoms with Gasteiger partial charge in [0.05, 0.1) is 63.3 Å². The van der Waals surface area contributed by atoms with E-state index in [2.05, 4.69) is 154 Å². The number of rotatable bonds is 14. The second-order valence-corrected chi connectivity index (χ2v) is 30.9. The van der Waals surface area contributed by atoms with Gasteiger partial charge in [-0.25, -0.2) is 49.9 Å². The van der Waals surface area contributed by atoms with Crippen LogP contribution in [0.3, 0.4) is 0 Å². The minimum absolute atomic E-state index is 0.0265. The monoisotopic (exact) mass is 1790 g/mol. The van der Waals surface area contributed by atoms with Crippen molar-refractivity contribution in [1.29, 1.82) is 0 Å². The Morgan fingerprint density at radius 3 is 1.17 bits per heavy atom. The third-order valence-electron chi connectivity index (χ3n) is 15.1. The van der Waals surface area contributed by atoms with E-state index in [1.807, 2.05) is 129 Å². The lowest BCUT2D eigenvalue weighted by atomic mass is 10.1. The summed E-state index contributed by atoms with van der Waals surface area (Å²) in [4.78, 5) is 53.7. The Morgan fingerprint density at radius 1 is 0.365 bits per heavy atom. The largest absolute Gasteiger partial charge is 0.370 e. The number of aliphatic imine (C=N–C) groups is 12. The number of nitrogens with one attached hydrogen (secondary N) is 14. The van der Waals surface area contributed by atoms with Crippen LogP contribution in [0.25, 0.3) is 0 Å². The van der Waals surface area contributed by atoms with Gasteiger partial charge in [0.2, 0.25) is 17.9 Å². The van der Waals surface area contributed by atoms with E-state index in [9.17, 15) is 0 Å². The van der Waals surface area contributed by atoms with Gasteiger partial charge in [0.1, 0.15) is 37.0 Å². The minimum Gasteiger partial charge on any atom is -0.370 e. The highest BCUT2D eigenvalue weighted by Crippen LogP contribution is 2.28. The zero-order chi connectivity index (χ0) is 84.0. The average Bonchev–Trinajstić information content (AvgIpc) is 0.878. The topological polar surface area (TPSA) is 398 Å². The Balaban J connectivity index is 0.000000191. The smallest absolute Gasteiger partial charge is 0.204 e. The van der Waals surface area contributed by atoms with Crippen molar-refractivity contribution in [2.45, 2.75) is 144 Å². The van der Waals surface area contributed by atoms with Gasteiger partial charge in [-0.1, -0.05) is 158 Å². The summed E-state index contributed by atoms with van der Waals surface area (Å²) in [5.74, 6) is 7.14. The molecule has 0 saturated carbocycles. The van der Waals surface area contributed by atoms with Gasteiger partial charge in [-0.2, -0.15) is 0 Å². The van der Waals surface area contributed by atoms with Gasteiger partial charge in [-0.3, -0.25) is 41.9 Å². The van der Waals surface area contributed by atoms with E-state index in [1.165, 1.54) is 5.56 Å². The average molecular weight is 1790 g/mol. The second-order valence-electron chi connectivity index (χ2n) is 26.4. The molecule has 618 valence electrons. The van der Waals surface area contributed by atoms with Gasteiger partial charge in [0.15, 0.2) is 53.6 Å². The van der Waals surface area contributed by atoms with Gasteiger partial charge in [0.25, 0.3) is 0 Å². The highest BCUT2D eigenvalue weighted by Gasteiger charge is 2.20. The number of hydrogen-bond donors (Lipinski definition) is 17. The first kappa shape index (κ1) is 93.1. The standard InChI is InChI=1S/C14H19Cl2N5.C14H20ClN5.C13H17Cl2N5.C12H15Cl2N5.C11H13Cl2N5.C10H11Cl2N5/c1-8(2)18-14-20-9(3)19-13(21-14)17-7-10-4-5-11(15)12(16)6-10;1-10-17-13(19-14(18-10)20(2)3)16-8-7-11-5-4-6-12(15)9-11;1-7(2)16-12-17-8(3)18-13(20-12)19-9-4-5-10(14)11(15)6-9;1-7-17-11(15)19-12(18-7)16-5-4-8-2-3-9(13)10(14)6-8;1-6-16-10(14)18-11(17-6)15-5-7-2-3-8(12)9(13)4-7;1-5-14-9(13)17-10(15-5)16-6-2-3-7(11)8(12)4-6/h4-6,8-9H,7H2,1-3H3,(H3,17,18,19,20,21);4-6,9-10H,7-8H2,1-3H3,(H2,16,17,18,19);4-8H,1-3H3,(H3,16,17,18,19,20);2-3,6-7H,4-5H2,1H3,(H4,15,16,17,18,19);2-4,6H,5H2,1H3,(H4,14,15,16,17,18);2-5H,1H3,(H4,13,14,15,16,17). The van der Waals surface area contributed by atoms with Gasteiger partial charge in [-0.15, -0.1) is 0 Å². The number of halogens is 11. The molecule has 12 rings (SSSR count). The molecule has 0 spiro atoms. The van der Waals surface area contributed by atoms with Crippen molar-refractivity contribution in [3.63, 3.8) is 0 Å². The van der Waals surface area contributed by atoms with Crippen LogP contribution >= 0.6 is 128 Å². The molecule has 30 nitrogen and oxygen atoms in total. The van der Waals surface area contributed by atoms with Gasteiger partial charge in [-0.05, 0) is 189 Å². The van der Waals surface area contributed by atoms with E-state index in [1.54, 1.807) is 54.6 Å². The molecule has 0 aromatic heterocycles. The molecule has 6 aliphatic heterocycles. The predicted molar refractivity (Wildman–Crippen MR) is 486 cm³/mol. The van der Waals surface area contributed by atoms with Crippen molar-refractivity contribution < 1.29 is 0 Å². The quantitative estimate of drug-likeness (QED) is 0.0481. The number of nitrogens with two attached hydrogens (primary N) is 3. The van der Waals surface area contributed by atoms with E-state index >= 15 is 0 Å². The molecule has 6 aromatic rings. The van der Waals surface area contributed by atoms with Crippen LogP contribution in [0.5, 0.6) is 0 Å². The maximum absolute atomic E-state index is 6.00. The van der Waals surface area contributed by atoms with E-state index < -0.39 is 0 Å². The molecule has 6 heterocycles. The minimum atomic E-state index is -0.207. The molecule has 0 aliphatic carbocycles. The summed E-state index contributed by atoms with van der Waals surface area (Å²) in [5, 5.41) is 49.1. The van der Waals surface area contributed by atoms with Crippen molar-refractivity contribution in [3.8, 4) is 0 Å². The molecular weight excluding hydrogens is 1700 g/mol. The SMILES string of the molecule is CC(C)NC1=NC(C)NC(=NCc2ccc(Cl)c(Cl)c2)N1.CC1N=C(N(C)C)NC(=NCCc2cccc(Cl)c2)N1.CC1N=C(N)NC(=NCCc2ccc(Cl)c(Cl)c2)N1.CC1N=C(N)NC(=NCc2ccc(Cl)c(Cl)c2)N1.CC1N=C(N)NC(Nc2ccc(Cl)c(Cl)c2)=N1.CC1N=C(Nc2ccc(Cl)c(Cl)c2)NC(NC(C)C)=N1. The highest BCUT2D eigenvalue weighted by atomic mass is 35.5. The first-order valence-electron chi connectivity index (χ1n) is 36.0. The van der Waals surface area contributed by atoms with E-state index in [-0.39, 0.29) is 43.0 Å². The Morgan fingerprint density at radius 2 is 0.730 bits per heavy atom. The summed E-state index contributed by atoms with van der Waals surface area (Å²) in [7, 11) is 3.90. The molecule has 20 N–H and O–H groups in total. The van der Waals surface area contributed by atoms with Crippen molar-refractivity contribution in [2.75, 3.05) is 37.8 Å². The summed E-state index contributed by atoms with van der Waals surface area (Å²) in [6.45, 7) is 22.0. The van der Waals surface area contributed by atoms with E-state index in [0.717, 1.165) is 63.8 Å². The number of benzene rings is 6. The molecule has 0 radical (unpaired) electrons. The van der Waals surface area contributed by atoms with Crippen LogP contribution in [-0.4, -0.2) is 153 Å². The summed E-state index contributed by atoms with van der Waals surface area (Å²) >= 11 is 65.1. The van der Waals surface area contributed by atoms with Crippen molar-refractivity contribution in [2.24, 2.45) is 77.1 Å². The molecule has 6 atom stereocenters. The summed E-state index contributed by atoms with van der Waals surface area (Å²) in [5.41, 5.74) is 22.6. The molecule has 41 heteroatoms. The van der Waals surface area contributed by atoms with Crippen molar-refractivity contribution in [3.05, 3.63) is 193 Å². The summed E-state index contributed by atoms with van der Waals surface area (Å²) in [6.07, 6.45) is 1.12. The molecule has 115 heavy (non-hydrogen) atoms. The zero-order valence-corrected chi connectivity index (χ0v) is 73.3. The van der Waals surface area contributed by atoms with Gasteiger partial charge < -0.3 is 64.6 Å². The van der Waals surface area contributed by atoms with Crippen LogP contribution in [0.2, 0.25) is 55.2 Å². The normalized spacial score (nSPS) is 19.9. The number of nitrogens with zero attached hydrogens (tertiary/aromatic N) is 13. The van der Waals surface area contributed by atoms with Gasteiger partial charge in [0, 0.05) is 55.7 Å². The van der Waals surface area contributed by atoms with Crippen LogP contribution in [-0.2, 0) is 25.9 Å². The second kappa shape index (κ2) is 46.6. The fraction of sp³-hybridized carbons (Fsp3) is 0.351. The third-order valence-corrected chi connectivity index (χ3v) is 19.0. The summed E-state index contributed by atoms with van der Waals surface area (Å²) in [6, 6.07) is 35.5. The van der Waals surface area contributed by atoms with Crippen molar-refractivity contribution in [1.82, 2.24) is 68.7 Å². The third kappa shape index (κ3) is 34.4. The molecule has 0 saturated heterocycles. The number of hydrogen-bond acceptors (Lipinski definition) is 22. The number of guanidine groups is 12. The Kier molecular flexibility index (Phi) is 37.8. The van der Waals surface area contributed by atoms with Crippen LogP contribution in [0.15, 0.2) is 175 Å². The number of anilines is 2. The van der Waals surface area contributed by atoms with E-state index in [0.29, 0.717) is 136 Å². The first-order chi connectivity index (χ1) is 54.5. The Bertz CT molecular complexity index is 4670.